The smallest absolute Gasteiger partial charge is 0.247 e. The van der Waals surface area contributed by atoms with Crippen molar-refractivity contribution < 1.29 is 9.87 Å². The largest absolute Gasteiger partial charge is 0.336 e. The van der Waals surface area contributed by atoms with Crippen LogP contribution in [-0.2, 0) is 4.84 Å². The Morgan fingerprint density at radius 1 is 1.67 bits per heavy atom. The molecule has 0 N–H and O–H groups in total. The second-order valence-electron chi connectivity index (χ2n) is 2.15. The Hall–Kier alpha value is -1.40. The van der Waals surface area contributed by atoms with Crippen LogP contribution in [0.4, 0.5) is 0 Å². The highest BCUT2D eigenvalue weighted by molar-refractivity contribution is 4.38. The number of nitrogens with zero attached hydrogens (tertiary/aromatic N) is 3. The normalized spacial score (nSPS) is 9.08. The quantitative estimate of drug-likeness (QED) is 0.250. The van der Waals surface area contributed by atoms with Gasteiger partial charge >= 0.3 is 0 Å². The standard InChI is InChI=1S/C5H11N3O4/c1-2-3-4-7(8(10)11)5-12-6-9/h2-5H2,1H3. The number of nitro groups is 1. The lowest BCUT2D eigenvalue weighted by Crippen LogP contribution is -2.32. The molecular weight excluding hydrogens is 166 g/mol. The van der Waals surface area contributed by atoms with E-state index in [9.17, 15) is 15.0 Å². The summed E-state index contributed by atoms with van der Waals surface area (Å²) in [5.74, 6) is 0. The first kappa shape index (κ1) is 10.6. The maximum Gasteiger partial charge on any atom is 0.247 e. The van der Waals surface area contributed by atoms with E-state index in [1.54, 1.807) is 0 Å². The zero-order chi connectivity index (χ0) is 9.40. The van der Waals surface area contributed by atoms with Gasteiger partial charge in [-0.2, -0.15) is 0 Å². The second kappa shape index (κ2) is 6.32. The molecule has 7 nitrogen and oxygen atoms in total. The van der Waals surface area contributed by atoms with Crippen molar-refractivity contribution in [2.45, 2.75) is 19.8 Å². The van der Waals surface area contributed by atoms with Crippen LogP contribution in [0.5, 0.6) is 0 Å². The molecule has 0 bridgehead atoms. The summed E-state index contributed by atoms with van der Waals surface area (Å²) in [4.78, 5) is 23.7. The lowest BCUT2D eigenvalue weighted by molar-refractivity contribution is -0.664. The molecule has 0 amide bonds. The minimum atomic E-state index is -0.610. The van der Waals surface area contributed by atoms with Gasteiger partial charge in [-0.15, -0.1) is 4.91 Å². The molecule has 0 aliphatic rings. The second-order valence-corrected chi connectivity index (χ2v) is 2.15. The lowest BCUT2D eigenvalue weighted by Gasteiger charge is -2.10. The molecule has 0 fully saturated rings. The van der Waals surface area contributed by atoms with Crippen molar-refractivity contribution in [2.75, 3.05) is 13.3 Å². The minimum absolute atomic E-state index is 0.263. The molecule has 0 aromatic carbocycles. The Morgan fingerprint density at radius 2 is 2.33 bits per heavy atom. The van der Waals surface area contributed by atoms with E-state index in [1.165, 1.54) is 0 Å². The van der Waals surface area contributed by atoms with Crippen LogP contribution >= 0.6 is 0 Å². The first-order valence-corrected chi connectivity index (χ1v) is 3.56. The average Bonchev–Trinajstić information content (AvgIpc) is 2.04. The van der Waals surface area contributed by atoms with Gasteiger partial charge in [-0.25, -0.2) is 10.1 Å². The first-order valence-electron chi connectivity index (χ1n) is 3.56. The van der Waals surface area contributed by atoms with Crippen LogP contribution in [0.15, 0.2) is 5.34 Å². The van der Waals surface area contributed by atoms with Gasteiger partial charge in [0.2, 0.25) is 6.73 Å². The number of hydrogen-bond acceptors (Lipinski definition) is 5. The van der Waals surface area contributed by atoms with Crippen LogP contribution in [0.25, 0.3) is 0 Å². The predicted octanol–water partition coefficient (Wildman–Crippen LogP) is 0.936. The van der Waals surface area contributed by atoms with Gasteiger partial charge in [0, 0.05) is 0 Å². The molecule has 0 saturated carbocycles. The van der Waals surface area contributed by atoms with Crippen molar-refractivity contribution in [1.29, 1.82) is 0 Å². The summed E-state index contributed by atoms with van der Waals surface area (Å²) in [6.45, 7) is 1.78. The van der Waals surface area contributed by atoms with E-state index in [1.807, 2.05) is 6.92 Å². The molecular formula is C5H11N3O4. The van der Waals surface area contributed by atoms with Gasteiger partial charge in [0.15, 0.2) is 10.4 Å². The van der Waals surface area contributed by atoms with Crippen LogP contribution in [-0.4, -0.2) is 23.3 Å². The molecule has 0 radical (unpaired) electrons. The lowest BCUT2D eigenvalue weighted by atomic mass is 10.3. The number of hydrogen-bond donors (Lipinski definition) is 0. The highest BCUT2D eigenvalue weighted by atomic mass is 16.7. The molecule has 0 aliphatic carbocycles. The third-order valence-electron chi connectivity index (χ3n) is 1.26. The molecule has 0 saturated heterocycles. The molecule has 0 atom stereocenters. The van der Waals surface area contributed by atoms with Crippen molar-refractivity contribution in [3.05, 3.63) is 15.0 Å². The summed E-state index contributed by atoms with van der Waals surface area (Å²) < 4.78 is 0. The number of unbranched alkanes of at least 4 members (excludes halogenated alkanes) is 1. The molecule has 12 heavy (non-hydrogen) atoms. The number of hydrazine groups is 1. The zero-order valence-electron chi connectivity index (χ0n) is 6.80. The van der Waals surface area contributed by atoms with Crippen molar-refractivity contribution in [2.24, 2.45) is 5.34 Å². The first-order chi connectivity index (χ1) is 5.72. The van der Waals surface area contributed by atoms with Crippen LogP contribution in [0, 0.1) is 15.0 Å². The molecule has 0 spiro atoms. The topological polar surface area (TPSA) is 85.0 Å². The summed E-state index contributed by atoms with van der Waals surface area (Å²) in [6.07, 6.45) is 1.53. The van der Waals surface area contributed by atoms with Crippen LogP contribution in [0.1, 0.15) is 19.8 Å². The maximum absolute atomic E-state index is 10.2. The summed E-state index contributed by atoms with van der Waals surface area (Å²) in [5.41, 5.74) is 0. The van der Waals surface area contributed by atoms with Gasteiger partial charge in [-0.3, -0.25) is 0 Å². The Kier molecular flexibility index (Phi) is 5.58. The van der Waals surface area contributed by atoms with E-state index in [4.69, 9.17) is 0 Å². The molecule has 0 unspecified atom stereocenters. The van der Waals surface area contributed by atoms with Crippen molar-refractivity contribution in [1.82, 2.24) is 5.01 Å². The fraction of sp³-hybridized carbons (Fsp3) is 1.00. The minimum Gasteiger partial charge on any atom is -0.336 e. The molecule has 0 aromatic rings. The third kappa shape index (κ3) is 4.42. The summed E-state index contributed by atoms with van der Waals surface area (Å²) >= 11 is 0. The van der Waals surface area contributed by atoms with Gasteiger partial charge in [0.05, 0.1) is 6.54 Å². The fourth-order valence-electron chi connectivity index (χ4n) is 0.624. The van der Waals surface area contributed by atoms with E-state index in [0.717, 1.165) is 11.4 Å². The Morgan fingerprint density at radius 3 is 2.75 bits per heavy atom. The summed E-state index contributed by atoms with van der Waals surface area (Å²) in [6, 6.07) is 0. The molecule has 0 aliphatic heterocycles. The molecule has 70 valence electrons. The van der Waals surface area contributed by atoms with Crippen LogP contribution in [0.3, 0.4) is 0 Å². The SMILES string of the molecule is CCCCN(CON=O)[N+](=O)[O-]. The monoisotopic (exact) mass is 177 g/mol. The van der Waals surface area contributed by atoms with E-state index >= 15 is 0 Å². The number of rotatable bonds is 7. The van der Waals surface area contributed by atoms with E-state index in [2.05, 4.69) is 10.2 Å². The third-order valence-corrected chi connectivity index (χ3v) is 1.26. The average molecular weight is 177 g/mol. The predicted molar refractivity (Wildman–Crippen MR) is 40.4 cm³/mol. The Bertz CT molecular complexity index is 152. The Labute approximate surface area is 69.3 Å². The summed E-state index contributed by atoms with van der Waals surface area (Å²) in [5, 5.41) is 12.5. The van der Waals surface area contributed by atoms with E-state index in [-0.39, 0.29) is 6.54 Å². The van der Waals surface area contributed by atoms with E-state index in [0.29, 0.717) is 6.42 Å². The van der Waals surface area contributed by atoms with Crippen molar-refractivity contribution >= 4 is 0 Å². The van der Waals surface area contributed by atoms with Crippen molar-refractivity contribution in [3.63, 3.8) is 0 Å². The van der Waals surface area contributed by atoms with Crippen molar-refractivity contribution in [3.8, 4) is 0 Å². The van der Waals surface area contributed by atoms with Crippen LogP contribution in [0.2, 0.25) is 0 Å². The highest BCUT2D eigenvalue weighted by Gasteiger charge is 2.13. The Balaban J connectivity index is 3.69. The highest BCUT2D eigenvalue weighted by Crippen LogP contribution is 1.95. The van der Waals surface area contributed by atoms with Crippen LogP contribution < -0.4 is 0 Å². The fourth-order valence-corrected chi connectivity index (χ4v) is 0.624. The zero-order valence-corrected chi connectivity index (χ0v) is 6.80. The molecule has 0 heterocycles. The van der Waals surface area contributed by atoms with Gasteiger partial charge in [0.25, 0.3) is 0 Å². The van der Waals surface area contributed by atoms with Gasteiger partial charge in [-0.1, -0.05) is 18.4 Å². The van der Waals surface area contributed by atoms with E-state index < -0.39 is 11.8 Å². The maximum atomic E-state index is 10.2. The van der Waals surface area contributed by atoms with Gasteiger partial charge in [0.1, 0.15) is 0 Å². The summed E-state index contributed by atoms with van der Waals surface area (Å²) in [7, 11) is 0. The molecule has 7 heteroatoms. The molecule has 0 aromatic heterocycles. The van der Waals surface area contributed by atoms with Gasteiger partial charge < -0.3 is 4.84 Å². The van der Waals surface area contributed by atoms with Gasteiger partial charge in [-0.05, 0) is 6.42 Å². The molecule has 0 rings (SSSR count).